The van der Waals surface area contributed by atoms with Crippen LogP contribution in [-0.2, 0) is 6.54 Å². The molecule has 0 aliphatic heterocycles. The Morgan fingerprint density at radius 1 is 1.05 bits per heavy atom. The molecular formula is C26H22F3N5O3. The van der Waals surface area contributed by atoms with Gasteiger partial charge in [-0.2, -0.15) is 13.9 Å². The molecule has 190 valence electrons. The quantitative estimate of drug-likeness (QED) is 0.487. The Labute approximate surface area is 208 Å². The minimum absolute atomic E-state index is 0.00804. The van der Waals surface area contributed by atoms with Crippen LogP contribution in [0.4, 0.5) is 13.2 Å². The molecule has 0 unspecified atom stereocenters. The Morgan fingerprint density at radius 3 is 2.49 bits per heavy atom. The monoisotopic (exact) mass is 509 g/mol. The van der Waals surface area contributed by atoms with Crippen molar-refractivity contribution in [1.82, 2.24) is 25.2 Å². The highest BCUT2D eigenvalue weighted by molar-refractivity contribution is 5.98. The van der Waals surface area contributed by atoms with E-state index in [9.17, 15) is 22.8 Å². The molecule has 6 aliphatic rings. The highest BCUT2D eigenvalue weighted by atomic mass is 19.3. The first-order valence-electron chi connectivity index (χ1n) is 12.4. The lowest BCUT2D eigenvalue weighted by molar-refractivity contribution is -0.651. The van der Waals surface area contributed by atoms with Gasteiger partial charge in [-0.15, -0.1) is 0 Å². The maximum absolute atomic E-state index is 13.7. The summed E-state index contributed by atoms with van der Waals surface area (Å²) in [5.74, 6) is 2.53. The molecule has 9 rings (SSSR count). The predicted molar refractivity (Wildman–Crippen MR) is 121 cm³/mol. The molecule has 6 fully saturated rings. The number of fused-ring (bicyclic) bond motifs is 1. The van der Waals surface area contributed by atoms with E-state index in [1.54, 1.807) is 6.07 Å². The lowest BCUT2D eigenvalue weighted by Crippen LogP contribution is -3.10. The summed E-state index contributed by atoms with van der Waals surface area (Å²) in [6, 6.07) is 6.42. The largest absolute Gasteiger partial charge is 0.432 e. The molecule has 6 aliphatic carbocycles. The van der Waals surface area contributed by atoms with E-state index >= 15 is 0 Å². The van der Waals surface area contributed by atoms with Crippen LogP contribution >= 0.6 is 0 Å². The summed E-state index contributed by atoms with van der Waals surface area (Å²) >= 11 is 0. The van der Waals surface area contributed by atoms with E-state index in [1.165, 1.54) is 22.8 Å². The molecule has 0 spiro atoms. The fraction of sp³-hybridized carbons (Fsp3) is 0.462. The van der Waals surface area contributed by atoms with E-state index in [0.717, 1.165) is 47.6 Å². The van der Waals surface area contributed by atoms with E-state index in [4.69, 9.17) is 0 Å². The highest BCUT2D eigenvalue weighted by Gasteiger charge is 3.08. The molecule has 0 radical (unpaired) electrons. The van der Waals surface area contributed by atoms with E-state index in [2.05, 4.69) is 32.4 Å². The second kappa shape index (κ2) is 6.62. The van der Waals surface area contributed by atoms with Crippen LogP contribution in [0.25, 0.3) is 5.65 Å². The van der Waals surface area contributed by atoms with Gasteiger partial charge in [0.25, 0.3) is 11.8 Å². The van der Waals surface area contributed by atoms with Crippen LogP contribution in [0.3, 0.4) is 0 Å². The summed E-state index contributed by atoms with van der Waals surface area (Å²) in [7, 11) is 0. The summed E-state index contributed by atoms with van der Waals surface area (Å²) in [4.78, 5) is 30.4. The van der Waals surface area contributed by atoms with Gasteiger partial charge in [-0.1, -0.05) is 13.0 Å². The molecule has 2 amide bonds. The minimum atomic E-state index is -3.17. The van der Waals surface area contributed by atoms with Gasteiger partial charge in [0.05, 0.1) is 6.20 Å². The second-order valence-electron chi connectivity index (χ2n) is 11.3. The molecule has 6 saturated carbocycles. The number of aromatic nitrogens is 3. The van der Waals surface area contributed by atoms with Crippen molar-refractivity contribution in [3.63, 3.8) is 0 Å². The lowest BCUT2D eigenvalue weighted by atomic mass is 8.92. The van der Waals surface area contributed by atoms with Gasteiger partial charge in [-0.05, 0) is 64.0 Å². The zero-order valence-corrected chi connectivity index (χ0v) is 19.6. The first-order chi connectivity index (χ1) is 17.8. The van der Waals surface area contributed by atoms with E-state index in [-0.39, 0.29) is 23.8 Å². The number of halogens is 3. The Hall–Kier alpha value is -3.63. The van der Waals surface area contributed by atoms with Gasteiger partial charge in [-0.25, -0.2) is 13.9 Å². The van der Waals surface area contributed by atoms with Gasteiger partial charge in [0.15, 0.2) is 17.2 Å². The standard InChI is InChI=1S/C26H22F3N5O3/c1-25-16-19-17(25)21-18(25)20(16)26(19,21)9-31-23(36)13-7-12(33-15-4-5-32-34(13)15)22(35)30-8-10-2-3-11(27)14(6-10)37-24(28)29/h2-7,16-21,24H,8-9H2,1H3,(H,30,35)(H,31,36). The number of carbonyl (C=O) groups is 2. The van der Waals surface area contributed by atoms with Crippen molar-refractivity contribution in [1.29, 1.82) is 0 Å². The van der Waals surface area contributed by atoms with Crippen molar-refractivity contribution in [3.8, 4) is 5.75 Å². The molecule has 11 heteroatoms. The Bertz CT molecular complexity index is 1480. The van der Waals surface area contributed by atoms with Crippen LogP contribution in [0.2, 0.25) is 0 Å². The van der Waals surface area contributed by atoms with Crippen LogP contribution in [0, 0.1) is 52.2 Å². The fourth-order valence-corrected chi connectivity index (χ4v) is 9.27. The van der Waals surface area contributed by atoms with Crippen molar-refractivity contribution < 1.29 is 27.5 Å². The SMILES string of the molecule is CC12C3C4C1C1C2C3C41CNC(=O)c1cc(C(=O)NCc2ccc(F)c(OC(F)F)c2)nc2ccnn12. The number of nitrogens with zero attached hydrogens (tertiary/aromatic N) is 3. The molecule has 3 aromatic rings. The number of benzene rings is 1. The maximum atomic E-state index is 13.7. The number of hydrogen-bond acceptors (Lipinski definition) is 5. The average molecular weight is 509 g/mol. The topological polar surface area (TPSA) is 97.6 Å². The first-order valence-corrected chi connectivity index (χ1v) is 12.4. The Balaban J connectivity index is 0.975. The van der Waals surface area contributed by atoms with Crippen LogP contribution in [0.15, 0.2) is 36.5 Å². The molecule has 8 nitrogen and oxygen atoms in total. The first kappa shape index (κ1) is 21.5. The normalized spacial score (nSPS) is 36.5. The Morgan fingerprint density at radius 2 is 1.78 bits per heavy atom. The Kier molecular flexibility index (Phi) is 3.84. The van der Waals surface area contributed by atoms with E-state index in [1.807, 2.05) is 0 Å². The zero-order valence-electron chi connectivity index (χ0n) is 19.6. The maximum Gasteiger partial charge on any atom is 0.387 e. The van der Waals surface area contributed by atoms with E-state index < -0.39 is 24.1 Å². The van der Waals surface area contributed by atoms with Crippen LogP contribution < -0.4 is 15.4 Å². The third-order valence-corrected chi connectivity index (χ3v) is 10.4. The van der Waals surface area contributed by atoms with E-state index in [0.29, 0.717) is 28.6 Å². The summed E-state index contributed by atoms with van der Waals surface area (Å²) in [5, 5.41) is 9.93. The molecule has 0 atom stereocenters. The van der Waals surface area contributed by atoms with Gasteiger partial charge in [0, 0.05) is 25.2 Å². The molecule has 2 N–H and O–H groups in total. The number of rotatable bonds is 8. The third kappa shape index (κ3) is 2.28. The molecule has 0 saturated heterocycles. The number of amides is 2. The number of carbonyl (C=O) groups excluding carboxylic acids is 2. The molecule has 0 bridgehead atoms. The molecular weight excluding hydrogens is 487 g/mol. The van der Waals surface area contributed by atoms with Crippen LogP contribution in [-0.4, -0.2) is 39.6 Å². The smallest absolute Gasteiger partial charge is 0.387 e. The molecule has 2 heterocycles. The number of ether oxygens (including phenoxy) is 1. The lowest BCUT2D eigenvalue weighted by Gasteiger charge is -3.11. The minimum Gasteiger partial charge on any atom is -0.432 e. The van der Waals surface area contributed by atoms with Crippen molar-refractivity contribution in [2.75, 3.05) is 6.54 Å². The van der Waals surface area contributed by atoms with Crippen molar-refractivity contribution in [3.05, 3.63) is 59.3 Å². The average Bonchev–Trinajstić information content (AvgIpc) is 3.36. The summed E-state index contributed by atoms with van der Waals surface area (Å²) in [6.07, 6.45) is 1.50. The predicted octanol–water partition coefficient (Wildman–Crippen LogP) is 2.89. The number of hydrogen-bond donors (Lipinski definition) is 2. The van der Waals surface area contributed by atoms with Crippen molar-refractivity contribution in [2.45, 2.75) is 20.1 Å². The molecule has 1 aromatic carbocycles. The molecule has 37 heavy (non-hydrogen) atoms. The highest BCUT2D eigenvalue weighted by Crippen LogP contribution is 3.10. The van der Waals surface area contributed by atoms with Crippen molar-refractivity contribution >= 4 is 17.5 Å². The molecule has 2 aromatic heterocycles. The van der Waals surface area contributed by atoms with Gasteiger partial charge in [0.2, 0.25) is 0 Å². The van der Waals surface area contributed by atoms with Gasteiger partial charge < -0.3 is 15.4 Å². The summed E-state index contributed by atoms with van der Waals surface area (Å²) in [5.41, 5.74) is 1.83. The fourth-order valence-electron chi connectivity index (χ4n) is 9.27. The van der Waals surface area contributed by atoms with Gasteiger partial charge >= 0.3 is 6.61 Å². The summed E-state index contributed by atoms with van der Waals surface area (Å²) < 4.78 is 44.2. The third-order valence-electron chi connectivity index (χ3n) is 10.4. The van der Waals surface area contributed by atoms with Crippen molar-refractivity contribution in [2.24, 2.45) is 46.3 Å². The van der Waals surface area contributed by atoms with Crippen LogP contribution in [0.1, 0.15) is 33.5 Å². The van der Waals surface area contributed by atoms with Gasteiger partial charge in [-0.3, -0.25) is 9.59 Å². The van der Waals surface area contributed by atoms with Crippen LogP contribution in [0.5, 0.6) is 5.75 Å². The number of alkyl halides is 2. The van der Waals surface area contributed by atoms with Gasteiger partial charge in [0.1, 0.15) is 11.4 Å². The second-order valence-corrected chi connectivity index (χ2v) is 11.3. The summed E-state index contributed by atoms with van der Waals surface area (Å²) in [6.45, 7) is -0.161. The zero-order chi connectivity index (χ0) is 25.4. The number of nitrogens with one attached hydrogen (secondary N) is 2.